The van der Waals surface area contributed by atoms with Gasteiger partial charge in [-0.15, -0.1) is 0 Å². The number of methoxy groups -OCH3 is 1. The van der Waals surface area contributed by atoms with Crippen molar-refractivity contribution in [3.63, 3.8) is 0 Å². The molecule has 1 saturated carbocycles. The molecule has 0 bridgehead atoms. The highest BCUT2D eigenvalue weighted by Crippen LogP contribution is 2.25. The zero-order valence-corrected chi connectivity index (χ0v) is 13.2. The number of aromatic amines is 1. The second-order valence-corrected chi connectivity index (χ2v) is 5.99. The number of carbonyl (C=O) groups is 1. The molecule has 0 saturated heterocycles. The Kier molecular flexibility index (Phi) is 4.62. The van der Waals surface area contributed by atoms with E-state index in [4.69, 9.17) is 10.5 Å². The minimum atomic E-state index is 0.0429. The minimum Gasteiger partial charge on any atom is -0.497 e. The molecule has 1 aromatic heterocycles. The zero-order valence-electron chi connectivity index (χ0n) is 13.2. The van der Waals surface area contributed by atoms with Gasteiger partial charge in [-0.1, -0.05) is 0 Å². The third kappa shape index (κ3) is 3.53. The summed E-state index contributed by atoms with van der Waals surface area (Å²) in [6, 6.07) is 7.90. The van der Waals surface area contributed by atoms with Gasteiger partial charge >= 0.3 is 0 Å². The highest BCUT2D eigenvalue weighted by molar-refractivity contribution is 5.79. The van der Waals surface area contributed by atoms with Crippen LogP contribution >= 0.6 is 0 Å². The molecule has 23 heavy (non-hydrogen) atoms. The molecule has 2 atom stereocenters. The van der Waals surface area contributed by atoms with Crippen molar-refractivity contribution >= 4 is 5.91 Å². The molecule has 0 aliphatic heterocycles. The van der Waals surface area contributed by atoms with E-state index in [9.17, 15) is 4.79 Å². The van der Waals surface area contributed by atoms with E-state index in [1.165, 1.54) is 0 Å². The highest BCUT2D eigenvalue weighted by Gasteiger charge is 2.27. The molecule has 3 rings (SSSR count). The van der Waals surface area contributed by atoms with Crippen LogP contribution in [0.15, 0.2) is 30.5 Å². The van der Waals surface area contributed by atoms with E-state index in [-0.39, 0.29) is 17.9 Å². The van der Waals surface area contributed by atoms with Gasteiger partial charge in [0.2, 0.25) is 5.91 Å². The molecular formula is C17H22N4O2. The Bertz CT molecular complexity index is 665. The number of nitrogens with zero attached hydrogens (tertiary/aromatic N) is 1. The van der Waals surface area contributed by atoms with Crippen molar-refractivity contribution in [2.45, 2.75) is 31.8 Å². The summed E-state index contributed by atoms with van der Waals surface area (Å²) in [4.78, 5) is 12.2. The van der Waals surface area contributed by atoms with Crippen LogP contribution in [0.5, 0.6) is 5.75 Å². The molecule has 2 unspecified atom stereocenters. The van der Waals surface area contributed by atoms with Gasteiger partial charge in [-0.25, -0.2) is 0 Å². The molecule has 1 heterocycles. The molecule has 1 aliphatic rings. The van der Waals surface area contributed by atoms with Crippen LogP contribution in [0.3, 0.4) is 0 Å². The van der Waals surface area contributed by atoms with Crippen molar-refractivity contribution in [1.82, 2.24) is 15.5 Å². The molecule has 6 nitrogen and oxygen atoms in total. The topological polar surface area (TPSA) is 93.0 Å². The van der Waals surface area contributed by atoms with Gasteiger partial charge in [-0.05, 0) is 43.5 Å². The molecule has 6 heteroatoms. The first-order valence-electron chi connectivity index (χ1n) is 7.87. The van der Waals surface area contributed by atoms with Crippen LogP contribution in [0.25, 0.3) is 11.3 Å². The third-order valence-corrected chi connectivity index (χ3v) is 4.39. The number of benzene rings is 1. The molecular weight excluding hydrogens is 292 g/mol. The first-order valence-corrected chi connectivity index (χ1v) is 7.87. The number of rotatable bonds is 5. The van der Waals surface area contributed by atoms with Gasteiger partial charge < -0.3 is 15.8 Å². The minimum absolute atomic E-state index is 0.0429. The van der Waals surface area contributed by atoms with E-state index in [1.807, 2.05) is 24.3 Å². The number of ether oxygens (including phenoxy) is 1. The molecule has 1 aromatic carbocycles. The zero-order chi connectivity index (χ0) is 16.2. The van der Waals surface area contributed by atoms with Crippen molar-refractivity contribution in [3.8, 4) is 17.0 Å². The molecule has 1 fully saturated rings. The smallest absolute Gasteiger partial charge is 0.223 e. The standard InChI is InChI=1S/C17H22N4O2/c1-23-15-6-3-11(4-7-15)16-13(10-20-21-16)9-19-17(22)12-2-5-14(18)8-12/h3-4,6-7,10,12,14H,2,5,8-9,18H2,1H3,(H,19,22)(H,20,21). The summed E-state index contributed by atoms with van der Waals surface area (Å²) in [5.74, 6) is 0.932. The molecule has 0 spiro atoms. The monoisotopic (exact) mass is 314 g/mol. The van der Waals surface area contributed by atoms with Gasteiger partial charge in [0.1, 0.15) is 5.75 Å². The van der Waals surface area contributed by atoms with Crippen molar-refractivity contribution < 1.29 is 9.53 Å². The Balaban J connectivity index is 1.65. The lowest BCUT2D eigenvalue weighted by atomic mass is 10.1. The number of carbonyl (C=O) groups excluding carboxylic acids is 1. The fourth-order valence-corrected chi connectivity index (χ4v) is 3.03. The van der Waals surface area contributed by atoms with Crippen molar-refractivity contribution in [1.29, 1.82) is 0 Å². The van der Waals surface area contributed by atoms with Crippen molar-refractivity contribution in [2.24, 2.45) is 11.7 Å². The van der Waals surface area contributed by atoms with E-state index >= 15 is 0 Å². The Labute approximate surface area is 135 Å². The Morgan fingerprint density at radius 3 is 2.83 bits per heavy atom. The number of nitrogens with one attached hydrogen (secondary N) is 2. The Morgan fingerprint density at radius 1 is 1.39 bits per heavy atom. The lowest BCUT2D eigenvalue weighted by Crippen LogP contribution is -2.30. The Morgan fingerprint density at radius 2 is 2.17 bits per heavy atom. The van der Waals surface area contributed by atoms with Gasteiger partial charge in [0.25, 0.3) is 0 Å². The molecule has 0 radical (unpaired) electrons. The van der Waals surface area contributed by atoms with Crippen LogP contribution in [-0.2, 0) is 11.3 Å². The summed E-state index contributed by atoms with van der Waals surface area (Å²) in [6.07, 6.45) is 4.34. The van der Waals surface area contributed by atoms with Gasteiger partial charge in [-0.2, -0.15) is 5.10 Å². The number of aromatic nitrogens is 2. The first-order chi connectivity index (χ1) is 11.2. The predicted octanol–water partition coefficient (Wildman–Crippen LogP) is 1.83. The van der Waals surface area contributed by atoms with Crippen LogP contribution in [-0.4, -0.2) is 29.3 Å². The summed E-state index contributed by atoms with van der Waals surface area (Å²) >= 11 is 0. The van der Waals surface area contributed by atoms with Crippen LogP contribution in [0.1, 0.15) is 24.8 Å². The number of amides is 1. The quantitative estimate of drug-likeness (QED) is 0.785. The van der Waals surface area contributed by atoms with E-state index < -0.39 is 0 Å². The maximum atomic E-state index is 12.2. The predicted molar refractivity (Wildman–Crippen MR) is 87.7 cm³/mol. The maximum Gasteiger partial charge on any atom is 0.223 e. The van der Waals surface area contributed by atoms with Gasteiger partial charge in [-0.3, -0.25) is 9.89 Å². The molecule has 122 valence electrons. The largest absolute Gasteiger partial charge is 0.497 e. The summed E-state index contributed by atoms with van der Waals surface area (Å²) in [5, 5.41) is 10.1. The van der Waals surface area contributed by atoms with Gasteiger partial charge in [0, 0.05) is 29.6 Å². The third-order valence-electron chi connectivity index (χ3n) is 4.39. The molecule has 2 aromatic rings. The highest BCUT2D eigenvalue weighted by atomic mass is 16.5. The lowest BCUT2D eigenvalue weighted by molar-refractivity contribution is -0.125. The van der Waals surface area contributed by atoms with E-state index in [1.54, 1.807) is 13.3 Å². The summed E-state index contributed by atoms with van der Waals surface area (Å²) in [6.45, 7) is 0.461. The van der Waals surface area contributed by atoms with Crippen LogP contribution in [0, 0.1) is 5.92 Å². The Hall–Kier alpha value is -2.34. The molecule has 4 N–H and O–H groups in total. The summed E-state index contributed by atoms with van der Waals surface area (Å²) < 4.78 is 5.17. The van der Waals surface area contributed by atoms with E-state index in [2.05, 4.69) is 15.5 Å². The maximum absolute atomic E-state index is 12.2. The normalized spacial score (nSPS) is 20.4. The van der Waals surface area contributed by atoms with E-state index in [0.717, 1.165) is 41.8 Å². The SMILES string of the molecule is COc1ccc(-c2[nH]ncc2CNC(=O)C2CCC(N)C2)cc1. The fraction of sp³-hybridized carbons (Fsp3) is 0.412. The number of hydrogen-bond donors (Lipinski definition) is 3. The second-order valence-electron chi connectivity index (χ2n) is 5.99. The second kappa shape index (κ2) is 6.83. The van der Waals surface area contributed by atoms with Crippen LogP contribution in [0.2, 0.25) is 0 Å². The van der Waals surface area contributed by atoms with Crippen molar-refractivity contribution in [3.05, 3.63) is 36.0 Å². The summed E-state index contributed by atoms with van der Waals surface area (Å²) in [7, 11) is 1.64. The van der Waals surface area contributed by atoms with Gasteiger partial charge in [0.15, 0.2) is 0 Å². The van der Waals surface area contributed by atoms with Gasteiger partial charge in [0.05, 0.1) is 19.0 Å². The van der Waals surface area contributed by atoms with E-state index in [0.29, 0.717) is 6.54 Å². The molecule has 1 amide bonds. The first kappa shape index (κ1) is 15.6. The lowest BCUT2D eigenvalue weighted by Gasteiger charge is -2.11. The number of H-pyrrole nitrogens is 1. The number of nitrogens with two attached hydrogens (primary N) is 1. The molecule has 1 aliphatic carbocycles. The van der Waals surface area contributed by atoms with Crippen LogP contribution in [0.4, 0.5) is 0 Å². The summed E-state index contributed by atoms with van der Waals surface area (Å²) in [5.41, 5.74) is 8.76. The average Bonchev–Trinajstić information content (AvgIpc) is 3.21. The fourth-order valence-electron chi connectivity index (χ4n) is 3.03. The van der Waals surface area contributed by atoms with Crippen LogP contribution < -0.4 is 15.8 Å². The van der Waals surface area contributed by atoms with Crippen molar-refractivity contribution in [2.75, 3.05) is 7.11 Å². The average molecular weight is 314 g/mol. The number of hydrogen-bond acceptors (Lipinski definition) is 4.